The zero-order chi connectivity index (χ0) is 17.6. The minimum absolute atomic E-state index is 0.157. The molecule has 1 aromatic carbocycles. The van der Waals surface area contributed by atoms with E-state index < -0.39 is 11.8 Å². The van der Waals surface area contributed by atoms with Gasteiger partial charge in [0.15, 0.2) is 11.5 Å². The molecule has 2 heterocycles. The van der Waals surface area contributed by atoms with E-state index in [0.29, 0.717) is 36.7 Å². The van der Waals surface area contributed by atoms with Crippen LogP contribution >= 0.6 is 0 Å². The number of carbonyl (C=O) groups excluding carboxylic acids is 2. The van der Waals surface area contributed by atoms with Gasteiger partial charge in [-0.15, -0.1) is 0 Å². The summed E-state index contributed by atoms with van der Waals surface area (Å²) in [4.78, 5) is 30.1. The van der Waals surface area contributed by atoms with E-state index in [2.05, 4.69) is 10.3 Å². The Labute approximate surface area is 145 Å². The van der Waals surface area contributed by atoms with Crippen LogP contribution in [0.5, 0.6) is 11.5 Å². The van der Waals surface area contributed by atoms with Crippen molar-refractivity contribution in [3.63, 3.8) is 0 Å². The molecule has 0 saturated heterocycles. The molecule has 0 saturated carbocycles. The van der Waals surface area contributed by atoms with Gasteiger partial charge in [-0.3, -0.25) is 14.6 Å². The first-order valence-electron chi connectivity index (χ1n) is 8.06. The highest BCUT2D eigenvalue weighted by Gasteiger charge is 2.21. The Morgan fingerprint density at radius 1 is 1.16 bits per heavy atom. The first kappa shape index (κ1) is 16.8. The Morgan fingerprint density at radius 2 is 1.92 bits per heavy atom. The smallest absolute Gasteiger partial charge is 0.313 e. The van der Waals surface area contributed by atoms with Gasteiger partial charge in [0.2, 0.25) is 6.79 Å². The van der Waals surface area contributed by atoms with Crippen molar-refractivity contribution >= 4 is 17.5 Å². The maximum atomic E-state index is 12.4. The van der Waals surface area contributed by atoms with Crippen LogP contribution in [0.4, 0.5) is 5.69 Å². The molecule has 3 rings (SSSR count). The minimum atomic E-state index is -0.671. The van der Waals surface area contributed by atoms with E-state index in [-0.39, 0.29) is 6.79 Å². The number of ether oxygens (including phenoxy) is 2. The molecule has 7 nitrogen and oxygen atoms in total. The molecule has 0 radical (unpaired) electrons. The fourth-order valence-electron chi connectivity index (χ4n) is 2.52. The number of rotatable bonds is 5. The molecule has 1 N–H and O–H groups in total. The lowest BCUT2D eigenvalue weighted by Gasteiger charge is -2.20. The molecular weight excluding hydrogens is 322 g/mol. The number of nitrogens with zero attached hydrogens (tertiary/aromatic N) is 2. The molecule has 0 fully saturated rings. The zero-order valence-electron chi connectivity index (χ0n) is 13.9. The summed E-state index contributed by atoms with van der Waals surface area (Å²) < 4.78 is 10.5. The maximum absolute atomic E-state index is 12.4. The average molecular weight is 341 g/mol. The number of amides is 2. The van der Waals surface area contributed by atoms with Gasteiger partial charge in [-0.25, -0.2) is 0 Å². The number of benzene rings is 1. The van der Waals surface area contributed by atoms with Crippen molar-refractivity contribution in [2.75, 3.05) is 25.2 Å². The highest BCUT2D eigenvalue weighted by molar-refractivity contribution is 6.39. The molecule has 130 valence electrons. The van der Waals surface area contributed by atoms with Crippen molar-refractivity contribution in [3.8, 4) is 11.5 Å². The van der Waals surface area contributed by atoms with Crippen LogP contribution in [0, 0.1) is 0 Å². The molecule has 2 amide bonds. The third-order valence-corrected chi connectivity index (χ3v) is 3.91. The third kappa shape index (κ3) is 4.06. The monoisotopic (exact) mass is 341 g/mol. The van der Waals surface area contributed by atoms with E-state index in [1.165, 1.54) is 4.90 Å². The molecule has 1 aliphatic rings. The summed E-state index contributed by atoms with van der Waals surface area (Å²) in [5.74, 6) is -0.0585. The fraction of sp³-hybridized carbons (Fsp3) is 0.278. The molecule has 0 aliphatic carbocycles. The molecule has 0 atom stereocenters. The Balaban J connectivity index is 1.59. The highest BCUT2D eigenvalue weighted by Crippen LogP contribution is 2.34. The van der Waals surface area contributed by atoms with Crippen LogP contribution in [-0.2, 0) is 16.0 Å². The molecular formula is C18H19N3O4. The van der Waals surface area contributed by atoms with E-state index >= 15 is 0 Å². The van der Waals surface area contributed by atoms with Gasteiger partial charge in [0.25, 0.3) is 0 Å². The third-order valence-electron chi connectivity index (χ3n) is 3.91. The largest absolute Gasteiger partial charge is 0.454 e. The molecule has 25 heavy (non-hydrogen) atoms. The summed E-state index contributed by atoms with van der Waals surface area (Å²) in [5, 5.41) is 2.61. The second kappa shape index (κ2) is 7.65. The zero-order valence-corrected chi connectivity index (χ0v) is 13.9. The summed E-state index contributed by atoms with van der Waals surface area (Å²) in [6, 6.07) is 8.80. The van der Waals surface area contributed by atoms with Crippen molar-refractivity contribution in [2.45, 2.75) is 13.3 Å². The minimum Gasteiger partial charge on any atom is -0.454 e. The second-order valence-corrected chi connectivity index (χ2v) is 5.51. The van der Waals surface area contributed by atoms with E-state index in [4.69, 9.17) is 9.47 Å². The second-order valence-electron chi connectivity index (χ2n) is 5.51. The van der Waals surface area contributed by atoms with Crippen molar-refractivity contribution in [2.24, 2.45) is 0 Å². The summed E-state index contributed by atoms with van der Waals surface area (Å²) in [5.41, 5.74) is 1.56. The van der Waals surface area contributed by atoms with Gasteiger partial charge in [-0.1, -0.05) is 0 Å². The molecule has 0 spiro atoms. The Hall–Kier alpha value is -3.09. The Morgan fingerprint density at radius 3 is 2.68 bits per heavy atom. The topological polar surface area (TPSA) is 80.8 Å². The van der Waals surface area contributed by atoms with Gasteiger partial charge in [0, 0.05) is 37.2 Å². The van der Waals surface area contributed by atoms with Gasteiger partial charge in [0.1, 0.15) is 0 Å². The quantitative estimate of drug-likeness (QED) is 0.840. The lowest BCUT2D eigenvalue weighted by molar-refractivity contribution is -0.143. The number of aromatic nitrogens is 1. The van der Waals surface area contributed by atoms with Crippen LogP contribution in [0.15, 0.2) is 42.7 Å². The molecule has 1 aliphatic heterocycles. The van der Waals surface area contributed by atoms with E-state index in [0.717, 1.165) is 5.56 Å². The standard InChI is InChI=1S/C18H19N3O4/c1-2-21(10-7-13-5-8-19-9-6-13)18(23)17(22)20-14-3-4-15-16(11-14)25-12-24-15/h3-6,8-9,11H,2,7,10,12H2,1H3,(H,20,22). The first-order chi connectivity index (χ1) is 12.2. The maximum Gasteiger partial charge on any atom is 0.313 e. The number of fused-ring (bicyclic) bond motifs is 1. The molecule has 7 heteroatoms. The van der Waals surface area contributed by atoms with E-state index in [1.54, 1.807) is 30.6 Å². The predicted octanol–water partition coefficient (Wildman–Crippen LogP) is 1.84. The average Bonchev–Trinajstić information content (AvgIpc) is 3.10. The number of anilines is 1. The summed E-state index contributed by atoms with van der Waals surface area (Å²) in [6.07, 6.45) is 4.08. The number of hydrogen-bond acceptors (Lipinski definition) is 5. The highest BCUT2D eigenvalue weighted by atomic mass is 16.7. The van der Waals surface area contributed by atoms with Gasteiger partial charge in [-0.2, -0.15) is 0 Å². The normalized spacial score (nSPS) is 11.9. The van der Waals surface area contributed by atoms with Crippen molar-refractivity contribution in [1.82, 2.24) is 9.88 Å². The SMILES string of the molecule is CCN(CCc1ccncc1)C(=O)C(=O)Nc1ccc2c(c1)OCO2. The van der Waals surface area contributed by atoms with Crippen LogP contribution in [0.1, 0.15) is 12.5 Å². The number of hydrogen-bond donors (Lipinski definition) is 1. The molecule has 2 aromatic rings. The number of nitrogens with one attached hydrogen (secondary N) is 1. The van der Waals surface area contributed by atoms with Gasteiger partial charge in [0.05, 0.1) is 0 Å². The number of carbonyl (C=O) groups is 2. The van der Waals surface area contributed by atoms with Crippen LogP contribution in [0.3, 0.4) is 0 Å². The molecule has 1 aromatic heterocycles. The number of likely N-dealkylation sites (N-methyl/N-ethyl adjacent to an activating group) is 1. The summed E-state index contributed by atoms with van der Waals surface area (Å²) in [6.45, 7) is 2.93. The Kier molecular flexibility index (Phi) is 5.13. The van der Waals surface area contributed by atoms with Crippen molar-refractivity contribution in [1.29, 1.82) is 0 Å². The number of pyridine rings is 1. The van der Waals surface area contributed by atoms with Gasteiger partial charge in [-0.05, 0) is 43.2 Å². The van der Waals surface area contributed by atoms with E-state index in [9.17, 15) is 9.59 Å². The van der Waals surface area contributed by atoms with Crippen molar-refractivity contribution < 1.29 is 19.1 Å². The van der Waals surface area contributed by atoms with Crippen molar-refractivity contribution in [3.05, 3.63) is 48.3 Å². The lowest BCUT2D eigenvalue weighted by Crippen LogP contribution is -2.40. The van der Waals surface area contributed by atoms with Gasteiger partial charge >= 0.3 is 11.8 Å². The molecule has 0 unspecified atom stereocenters. The lowest BCUT2D eigenvalue weighted by atomic mass is 10.2. The van der Waals surface area contributed by atoms with Crippen LogP contribution in [-0.4, -0.2) is 41.6 Å². The van der Waals surface area contributed by atoms with Crippen LogP contribution in [0.2, 0.25) is 0 Å². The van der Waals surface area contributed by atoms with Crippen LogP contribution in [0.25, 0.3) is 0 Å². The van der Waals surface area contributed by atoms with Gasteiger partial charge < -0.3 is 19.7 Å². The Bertz CT molecular complexity index is 764. The predicted molar refractivity (Wildman–Crippen MR) is 91.4 cm³/mol. The first-order valence-corrected chi connectivity index (χ1v) is 8.06. The summed E-state index contributed by atoms with van der Waals surface area (Å²) >= 11 is 0. The van der Waals surface area contributed by atoms with E-state index in [1.807, 2.05) is 19.1 Å². The summed E-state index contributed by atoms with van der Waals surface area (Å²) in [7, 11) is 0. The molecule has 0 bridgehead atoms. The fourth-order valence-corrected chi connectivity index (χ4v) is 2.52. The van der Waals surface area contributed by atoms with Crippen LogP contribution < -0.4 is 14.8 Å².